The molecule has 68 valence electrons. The van der Waals surface area contributed by atoms with Crippen molar-refractivity contribution in [3.05, 3.63) is 35.9 Å². The Bertz CT molecular complexity index is 312. The summed E-state index contributed by atoms with van der Waals surface area (Å²) >= 11 is 0. The monoisotopic (exact) mass is 176 g/mol. The van der Waals surface area contributed by atoms with Crippen LogP contribution < -0.4 is 0 Å². The minimum Gasteiger partial charge on any atom is -0.370 e. The highest BCUT2D eigenvalue weighted by molar-refractivity contribution is 6.04. The molecule has 1 aliphatic carbocycles. The summed E-state index contributed by atoms with van der Waals surface area (Å²) in [5, 5.41) is 0. The number of ether oxygens (including phenoxy) is 1. The van der Waals surface area contributed by atoms with Crippen molar-refractivity contribution in [2.75, 3.05) is 7.11 Å². The Kier molecular flexibility index (Phi) is 1.93. The fourth-order valence-corrected chi connectivity index (χ4v) is 1.49. The predicted octanol–water partition coefficient (Wildman–Crippen LogP) is 2.05. The topological polar surface area (TPSA) is 26.3 Å². The van der Waals surface area contributed by atoms with Gasteiger partial charge in [0.2, 0.25) is 0 Å². The number of ketones is 1. The van der Waals surface area contributed by atoms with Gasteiger partial charge in [0.1, 0.15) is 5.60 Å². The molecule has 0 saturated heterocycles. The van der Waals surface area contributed by atoms with Gasteiger partial charge in [0.25, 0.3) is 0 Å². The molecule has 0 radical (unpaired) electrons. The Morgan fingerprint density at radius 3 is 2.38 bits per heavy atom. The number of carbonyl (C=O) groups excluding carboxylic acids is 1. The molecule has 1 aromatic rings. The van der Waals surface area contributed by atoms with Crippen molar-refractivity contribution in [3.8, 4) is 0 Å². The smallest absolute Gasteiger partial charge is 0.194 e. The molecule has 2 heteroatoms. The van der Waals surface area contributed by atoms with Gasteiger partial charge < -0.3 is 4.74 Å². The first-order valence-electron chi connectivity index (χ1n) is 4.43. The number of methoxy groups -OCH3 is 1. The van der Waals surface area contributed by atoms with Crippen molar-refractivity contribution in [2.45, 2.75) is 18.4 Å². The molecule has 13 heavy (non-hydrogen) atoms. The summed E-state index contributed by atoms with van der Waals surface area (Å²) in [5.74, 6) is 0.121. The molecule has 0 unspecified atom stereocenters. The third kappa shape index (κ3) is 1.38. The maximum Gasteiger partial charge on any atom is 0.194 e. The molecule has 0 aliphatic heterocycles. The van der Waals surface area contributed by atoms with E-state index >= 15 is 0 Å². The van der Waals surface area contributed by atoms with Gasteiger partial charge in [-0.2, -0.15) is 0 Å². The molecule has 1 aliphatic rings. The lowest BCUT2D eigenvalue weighted by Gasteiger charge is -2.11. The molecule has 1 aromatic carbocycles. The van der Waals surface area contributed by atoms with Gasteiger partial charge in [0.05, 0.1) is 0 Å². The normalized spacial score (nSPS) is 18.2. The van der Waals surface area contributed by atoms with Gasteiger partial charge in [-0.3, -0.25) is 4.79 Å². The van der Waals surface area contributed by atoms with Gasteiger partial charge >= 0.3 is 0 Å². The van der Waals surface area contributed by atoms with Crippen LogP contribution in [-0.4, -0.2) is 18.5 Å². The van der Waals surface area contributed by atoms with E-state index in [0.717, 1.165) is 18.4 Å². The average molecular weight is 176 g/mol. The number of rotatable bonds is 3. The van der Waals surface area contributed by atoms with Crippen LogP contribution in [0, 0.1) is 0 Å². The molecule has 0 heterocycles. The summed E-state index contributed by atoms with van der Waals surface area (Å²) in [4.78, 5) is 11.8. The van der Waals surface area contributed by atoms with Crippen molar-refractivity contribution >= 4 is 5.78 Å². The zero-order valence-electron chi connectivity index (χ0n) is 7.62. The fraction of sp³-hybridized carbons (Fsp3) is 0.364. The van der Waals surface area contributed by atoms with Crippen LogP contribution in [-0.2, 0) is 4.74 Å². The molecule has 0 atom stereocenters. The van der Waals surface area contributed by atoms with Gasteiger partial charge in [0, 0.05) is 12.7 Å². The second-order valence-corrected chi connectivity index (χ2v) is 3.39. The van der Waals surface area contributed by atoms with Crippen LogP contribution >= 0.6 is 0 Å². The van der Waals surface area contributed by atoms with E-state index in [4.69, 9.17) is 4.74 Å². The largest absolute Gasteiger partial charge is 0.370 e. The van der Waals surface area contributed by atoms with Crippen LogP contribution in [0.4, 0.5) is 0 Å². The summed E-state index contributed by atoms with van der Waals surface area (Å²) in [6.45, 7) is 0. The van der Waals surface area contributed by atoms with Gasteiger partial charge in [0.15, 0.2) is 5.78 Å². The highest BCUT2D eigenvalue weighted by atomic mass is 16.5. The third-order valence-corrected chi connectivity index (χ3v) is 2.54. The van der Waals surface area contributed by atoms with Gasteiger partial charge in [-0.15, -0.1) is 0 Å². The second-order valence-electron chi connectivity index (χ2n) is 3.39. The number of hydrogen-bond donors (Lipinski definition) is 0. The van der Waals surface area contributed by atoms with E-state index in [2.05, 4.69) is 0 Å². The molecule has 0 bridgehead atoms. The van der Waals surface area contributed by atoms with Gasteiger partial charge in [-0.25, -0.2) is 0 Å². The first kappa shape index (κ1) is 8.45. The van der Waals surface area contributed by atoms with E-state index < -0.39 is 5.60 Å². The Morgan fingerprint density at radius 1 is 1.31 bits per heavy atom. The standard InChI is InChI=1S/C11H12O2/c1-13-11(7-8-11)10(12)9-5-3-2-4-6-9/h2-6H,7-8H2,1H3. The number of carbonyl (C=O) groups is 1. The lowest BCUT2D eigenvalue weighted by Crippen LogP contribution is -2.24. The highest BCUT2D eigenvalue weighted by Crippen LogP contribution is 2.41. The molecule has 2 rings (SSSR count). The molecule has 0 amide bonds. The van der Waals surface area contributed by atoms with Crippen LogP contribution in [0.3, 0.4) is 0 Å². The number of hydrogen-bond acceptors (Lipinski definition) is 2. The molecule has 1 saturated carbocycles. The minimum absolute atomic E-state index is 0.121. The molecule has 1 fully saturated rings. The maximum atomic E-state index is 11.8. The SMILES string of the molecule is COC1(C(=O)c2ccccc2)CC1. The lowest BCUT2D eigenvalue weighted by molar-refractivity contribution is 0.0515. The van der Waals surface area contributed by atoms with Crippen molar-refractivity contribution in [1.82, 2.24) is 0 Å². The zero-order valence-corrected chi connectivity index (χ0v) is 7.62. The quantitative estimate of drug-likeness (QED) is 0.659. The molecule has 2 nitrogen and oxygen atoms in total. The molecule has 0 aromatic heterocycles. The van der Waals surface area contributed by atoms with Crippen LogP contribution in [0.2, 0.25) is 0 Å². The molecule has 0 spiro atoms. The van der Waals surface area contributed by atoms with Crippen molar-refractivity contribution in [1.29, 1.82) is 0 Å². The second kappa shape index (κ2) is 2.96. The fourth-order valence-electron chi connectivity index (χ4n) is 1.49. The van der Waals surface area contributed by atoms with Crippen molar-refractivity contribution < 1.29 is 9.53 Å². The van der Waals surface area contributed by atoms with E-state index in [1.165, 1.54) is 0 Å². The van der Waals surface area contributed by atoms with Crippen molar-refractivity contribution in [2.24, 2.45) is 0 Å². The summed E-state index contributed by atoms with van der Waals surface area (Å²) in [7, 11) is 1.60. The van der Waals surface area contributed by atoms with Crippen LogP contribution in [0.25, 0.3) is 0 Å². The first-order chi connectivity index (χ1) is 6.28. The Morgan fingerprint density at radius 2 is 1.92 bits per heavy atom. The zero-order chi connectivity index (χ0) is 9.31. The summed E-state index contributed by atoms with van der Waals surface area (Å²) in [6.07, 6.45) is 1.72. The number of Topliss-reactive ketones (excluding diaryl/α,β-unsaturated/α-hetero) is 1. The van der Waals surface area contributed by atoms with E-state index in [1.54, 1.807) is 7.11 Å². The third-order valence-electron chi connectivity index (χ3n) is 2.54. The Balaban J connectivity index is 2.24. The molecular weight excluding hydrogens is 164 g/mol. The minimum atomic E-state index is -0.485. The summed E-state index contributed by atoms with van der Waals surface area (Å²) in [6, 6.07) is 9.32. The maximum absolute atomic E-state index is 11.8. The first-order valence-corrected chi connectivity index (χ1v) is 4.43. The lowest BCUT2D eigenvalue weighted by atomic mass is 10.1. The van der Waals surface area contributed by atoms with Crippen LogP contribution in [0.15, 0.2) is 30.3 Å². The van der Waals surface area contributed by atoms with Gasteiger partial charge in [-0.1, -0.05) is 30.3 Å². The Hall–Kier alpha value is -1.15. The van der Waals surface area contributed by atoms with E-state index in [1.807, 2.05) is 30.3 Å². The molecule has 0 N–H and O–H groups in total. The highest BCUT2D eigenvalue weighted by Gasteiger charge is 2.50. The van der Waals surface area contributed by atoms with Gasteiger partial charge in [-0.05, 0) is 12.8 Å². The average Bonchev–Trinajstić information content (AvgIpc) is 2.99. The molecular formula is C11H12O2. The van der Waals surface area contributed by atoms with E-state index in [0.29, 0.717) is 0 Å². The van der Waals surface area contributed by atoms with E-state index in [-0.39, 0.29) is 5.78 Å². The number of benzene rings is 1. The summed E-state index contributed by atoms with van der Waals surface area (Å²) < 4.78 is 5.22. The predicted molar refractivity (Wildman–Crippen MR) is 49.7 cm³/mol. The summed E-state index contributed by atoms with van der Waals surface area (Å²) in [5.41, 5.74) is 0.267. The van der Waals surface area contributed by atoms with E-state index in [9.17, 15) is 4.79 Å². The Labute approximate surface area is 77.5 Å². The van der Waals surface area contributed by atoms with Crippen LogP contribution in [0.1, 0.15) is 23.2 Å². The van der Waals surface area contributed by atoms with Crippen LogP contribution in [0.5, 0.6) is 0 Å². The van der Waals surface area contributed by atoms with Crippen molar-refractivity contribution in [3.63, 3.8) is 0 Å².